The number of halogens is 13. The number of hydrogen-bond acceptors (Lipinski definition) is 4. The number of aliphatic hydroxyl groups is 2. The lowest BCUT2D eigenvalue weighted by Gasteiger charge is -2.49. The predicted octanol–water partition coefficient (Wildman–Crippen LogP) is 5.01. The Hall–Kier alpha value is -0.270. The molecule has 0 bridgehead atoms. The molecule has 0 saturated carbocycles. The monoisotopic (exact) mass is 590 g/mol. The van der Waals surface area contributed by atoms with Crippen molar-refractivity contribution >= 4 is 22.6 Å². The van der Waals surface area contributed by atoms with E-state index in [1.807, 2.05) is 0 Å². The van der Waals surface area contributed by atoms with Crippen LogP contribution in [0.15, 0.2) is 0 Å². The van der Waals surface area contributed by atoms with E-state index in [1.54, 1.807) is 0 Å². The maximum Gasteiger partial charge on any atom is 0.434 e. The van der Waals surface area contributed by atoms with Gasteiger partial charge in [0, 0.05) is 22.6 Å². The molecular formula is C13H15F12IO4. The fourth-order valence-corrected chi connectivity index (χ4v) is 3.03. The highest BCUT2D eigenvalue weighted by atomic mass is 127. The third kappa shape index (κ3) is 5.03. The summed E-state index contributed by atoms with van der Waals surface area (Å²) in [5.41, 5.74) is -20.4. The van der Waals surface area contributed by atoms with Crippen molar-refractivity contribution in [2.45, 2.75) is 79.1 Å². The van der Waals surface area contributed by atoms with Crippen LogP contribution in [0.4, 0.5) is 52.7 Å². The smallest absolute Gasteiger partial charge is 0.365 e. The SMILES string of the molecule is CC(C)(OC(F)(F)C(F)(C(F)(F)F)C(C)(C)OC(F)(F)I)C(F)(C(O)O)C(F)(F)F. The minimum Gasteiger partial charge on any atom is -0.365 e. The summed E-state index contributed by atoms with van der Waals surface area (Å²) in [4.78, 5) is 0. The van der Waals surface area contributed by atoms with Crippen LogP contribution in [0.2, 0.25) is 0 Å². The third-order valence-electron chi connectivity index (χ3n) is 4.02. The minimum atomic E-state index is -6.83. The summed E-state index contributed by atoms with van der Waals surface area (Å²) in [6.45, 7) is -1.04. The van der Waals surface area contributed by atoms with Gasteiger partial charge in [-0.2, -0.15) is 43.9 Å². The highest BCUT2D eigenvalue weighted by molar-refractivity contribution is 14.1. The van der Waals surface area contributed by atoms with Crippen molar-refractivity contribution in [3.63, 3.8) is 0 Å². The molecule has 0 aromatic heterocycles. The quantitative estimate of drug-likeness (QED) is 0.181. The van der Waals surface area contributed by atoms with Gasteiger partial charge in [0.05, 0.1) is 0 Å². The number of alkyl halides is 13. The van der Waals surface area contributed by atoms with Crippen LogP contribution in [-0.2, 0) is 9.47 Å². The Kier molecular flexibility index (Phi) is 7.87. The topological polar surface area (TPSA) is 58.9 Å². The van der Waals surface area contributed by atoms with E-state index < -0.39 is 51.4 Å². The van der Waals surface area contributed by atoms with Gasteiger partial charge < -0.3 is 19.7 Å². The lowest BCUT2D eigenvalue weighted by Crippen LogP contribution is -2.73. The molecule has 0 amide bonds. The van der Waals surface area contributed by atoms with E-state index in [-0.39, 0.29) is 50.3 Å². The third-order valence-corrected chi connectivity index (χ3v) is 4.24. The average molecular weight is 590 g/mol. The normalized spacial score (nSPS) is 19.6. The molecule has 30 heavy (non-hydrogen) atoms. The van der Waals surface area contributed by atoms with Crippen LogP contribution in [0, 0.1) is 0 Å². The van der Waals surface area contributed by atoms with Crippen molar-refractivity contribution in [2.75, 3.05) is 0 Å². The Balaban J connectivity index is 6.70. The highest BCUT2D eigenvalue weighted by Gasteiger charge is 2.83. The summed E-state index contributed by atoms with van der Waals surface area (Å²) in [6, 6.07) is 0. The molecule has 2 N–H and O–H groups in total. The van der Waals surface area contributed by atoms with E-state index in [9.17, 15) is 52.7 Å². The molecule has 0 aliphatic carbocycles. The molecule has 0 saturated heterocycles. The molecule has 0 heterocycles. The molecule has 17 heteroatoms. The maximum absolute atomic E-state index is 14.8. The van der Waals surface area contributed by atoms with E-state index in [1.165, 1.54) is 0 Å². The van der Waals surface area contributed by atoms with Crippen LogP contribution in [0.1, 0.15) is 27.7 Å². The minimum absolute atomic E-state index is 0.00826. The van der Waals surface area contributed by atoms with E-state index >= 15 is 0 Å². The molecule has 4 nitrogen and oxygen atoms in total. The zero-order valence-corrected chi connectivity index (χ0v) is 17.4. The van der Waals surface area contributed by atoms with E-state index in [0.29, 0.717) is 0 Å². The van der Waals surface area contributed by atoms with Gasteiger partial charge in [0.15, 0.2) is 6.29 Å². The number of hydrogen-bond donors (Lipinski definition) is 2. The zero-order chi connectivity index (χ0) is 25.0. The van der Waals surface area contributed by atoms with E-state index in [2.05, 4.69) is 9.47 Å². The molecule has 0 aromatic carbocycles. The summed E-state index contributed by atoms with van der Waals surface area (Å²) in [5.74, 6) is 0. The van der Waals surface area contributed by atoms with Crippen molar-refractivity contribution < 1.29 is 72.4 Å². The van der Waals surface area contributed by atoms with Crippen LogP contribution < -0.4 is 0 Å². The molecule has 2 unspecified atom stereocenters. The van der Waals surface area contributed by atoms with Gasteiger partial charge in [-0.1, -0.05) is 0 Å². The lowest BCUT2D eigenvalue weighted by atomic mass is 9.82. The number of ether oxygens (including phenoxy) is 2. The van der Waals surface area contributed by atoms with E-state index in [0.717, 1.165) is 0 Å². The van der Waals surface area contributed by atoms with Gasteiger partial charge >= 0.3 is 28.2 Å². The van der Waals surface area contributed by atoms with Gasteiger partial charge in [-0.05, 0) is 27.7 Å². The molecule has 0 rings (SSSR count). The van der Waals surface area contributed by atoms with Crippen molar-refractivity contribution in [1.29, 1.82) is 0 Å². The molecule has 0 aliphatic rings. The standard InChI is InChI=1S/C13H15F12IO4/c1-6(2,8(14,5(27)28)10(16,17)18)29-12(22,23)9(15,11(19,20)21)7(3,4)30-13(24,25)26/h5,27-28H,1-4H3. The van der Waals surface area contributed by atoms with Crippen LogP contribution in [0.25, 0.3) is 0 Å². The maximum atomic E-state index is 14.8. The largest absolute Gasteiger partial charge is 0.434 e. The Labute approximate surface area is 174 Å². The van der Waals surface area contributed by atoms with Crippen LogP contribution in [0.5, 0.6) is 0 Å². The molecule has 0 fully saturated rings. The van der Waals surface area contributed by atoms with Gasteiger partial charge in [-0.25, -0.2) is 8.78 Å². The van der Waals surface area contributed by atoms with Crippen LogP contribution in [-0.4, -0.2) is 61.6 Å². The fourth-order valence-electron chi connectivity index (χ4n) is 2.48. The Morgan fingerprint density at radius 3 is 1.23 bits per heavy atom. The van der Waals surface area contributed by atoms with Crippen LogP contribution >= 0.6 is 22.6 Å². The van der Waals surface area contributed by atoms with Crippen molar-refractivity contribution in [3.05, 3.63) is 0 Å². The molecule has 0 radical (unpaired) electrons. The molecule has 0 spiro atoms. The average Bonchev–Trinajstić information content (AvgIpc) is 2.38. The van der Waals surface area contributed by atoms with Gasteiger partial charge in [-0.15, -0.1) is 0 Å². The highest BCUT2D eigenvalue weighted by Crippen LogP contribution is 2.57. The Bertz CT molecular complexity index is 613. The molecule has 182 valence electrons. The van der Waals surface area contributed by atoms with Crippen molar-refractivity contribution in [1.82, 2.24) is 0 Å². The number of aliphatic hydroxyl groups excluding tert-OH is 1. The second kappa shape index (κ2) is 7.95. The predicted molar refractivity (Wildman–Crippen MR) is 82.3 cm³/mol. The van der Waals surface area contributed by atoms with E-state index in [4.69, 9.17) is 10.2 Å². The molecule has 0 aromatic rings. The van der Waals surface area contributed by atoms with Gasteiger partial charge in [-0.3, -0.25) is 0 Å². The first-order valence-corrected chi connectivity index (χ1v) is 8.41. The summed E-state index contributed by atoms with van der Waals surface area (Å²) < 4.78 is 164. The van der Waals surface area contributed by atoms with Crippen LogP contribution in [0.3, 0.4) is 0 Å². The molecule has 0 aliphatic heterocycles. The van der Waals surface area contributed by atoms with Gasteiger partial charge in [0.1, 0.15) is 11.2 Å². The molecular weight excluding hydrogens is 575 g/mol. The first-order chi connectivity index (χ1) is 12.6. The Morgan fingerprint density at radius 2 is 1.00 bits per heavy atom. The first-order valence-electron chi connectivity index (χ1n) is 7.33. The first kappa shape index (κ1) is 29.7. The fraction of sp³-hybridized carbons (Fsp3) is 1.00. The summed E-state index contributed by atoms with van der Waals surface area (Å²) in [7, 11) is 0. The second-order valence-electron chi connectivity index (χ2n) is 6.93. The summed E-state index contributed by atoms with van der Waals surface area (Å²) in [5, 5.41) is 17.4. The Morgan fingerprint density at radius 1 is 0.633 bits per heavy atom. The van der Waals surface area contributed by atoms with Gasteiger partial charge in [0.2, 0.25) is 0 Å². The van der Waals surface area contributed by atoms with Crippen molar-refractivity contribution in [3.8, 4) is 0 Å². The molecule has 2 atom stereocenters. The summed E-state index contributed by atoms with van der Waals surface area (Å²) in [6.07, 6.45) is -24.0. The zero-order valence-electron chi connectivity index (χ0n) is 15.2. The second-order valence-corrected chi connectivity index (χ2v) is 8.18. The van der Waals surface area contributed by atoms with Crippen molar-refractivity contribution in [2.24, 2.45) is 0 Å². The summed E-state index contributed by atoms with van der Waals surface area (Å²) >= 11 is 0.00826. The lowest BCUT2D eigenvalue weighted by molar-refractivity contribution is -0.463. The van der Waals surface area contributed by atoms with Gasteiger partial charge in [0.25, 0.3) is 5.67 Å². The number of rotatable bonds is 8.